The molecule has 8 heteroatoms. The molecule has 0 fully saturated rings. The molecule has 0 radical (unpaired) electrons. The molecule has 1 aliphatic heterocycles. The maximum absolute atomic E-state index is 12.9. The van der Waals surface area contributed by atoms with Crippen molar-refractivity contribution in [3.8, 4) is 0 Å². The van der Waals surface area contributed by atoms with Crippen LogP contribution < -0.4 is 5.48 Å². The van der Waals surface area contributed by atoms with Gasteiger partial charge in [-0.25, -0.2) is 5.48 Å². The van der Waals surface area contributed by atoms with E-state index in [0.717, 1.165) is 5.69 Å². The van der Waals surface area contributed by atoms with E-state index in [1.807, 2.05) is 4.57 Å². The Morgan fingerprint density at radius 2 is 1.96 bits per heavy atom. The van der Waals surface area contributed by atoms with Crippen molar-refractivity contribution < 1.29 is 19.6 Å². The van der Waals surface area contributed by atoms with Crippen LogP contribution in [-0.2, 0) is 13.1 Å². The molecule has 2 amide bonds. The van der Waals surface area contributed by atoms with E-state index in [9.17, 15) is 14.4 Å². The second-order valence-corrected chi connectivity index (χ2v) is 6.26. The second kappa shape index (κ2) is 6.21. The van der Waals surface area contributed by atoms with E-state index in [0.29, 0.717) is 47.7 Å². The number of aromatic amines is 1. The number of nitrogens with zero attached hydrogens (tertiary/aromatic N) is 2. The molecule has 0 saturated carbocycles. The molecular weight excluding hydrogens is 324 g/mol. The highest BCUT2D eigenvalue weighted by Gasteiger charge is 2.27. The van der Waals surface area contributed by atoms with Crippen LogP contribution in [0, 0.1) is 13.8 Å². The van der Waals surface area contributed by atoms with Gasteiger partial charge in [-0.15, -0.1) is 0 Å². The fourth-order valence-electron chi connectivity index (χ4n) is 3.41. The van der Waals surface area contributed by atoms with Gasteiger partial charge in [-0.3, -0.25) is 19.6 Å². The van der Waals surface area contributed by atoms with E-state index in [2.05, 4.69) is 4.98 Å². The number of carbonyl (C=O) groups is 3. The van der Waals surface area contributed by atoms with Gasteiger partial charge in [-0.05, 0) is 32.4 Å². The van der Waals surface area contributed by atoms with Crippen LogP contribution in [0.1, 0.15) is 55.1 Å². The predicted octanol–water partition coefficient (Wildman–Crippen LogP) is 1.41. The SMILES string of the molecule is CC(=O)c1c(C)[nH]c(C(=O)N2CCn3cc(C(=O)NO)cc3C2)c1C. The Morgan fingerprint density at radius 3 is 2.56 bits per heavy atom. The standard InChI is InChI=1S/C17H20N4O4/c1-9-14(11(3)22)10(2)18-15(9)17(24)21-5-4-20-7-12(16(23)19-25)6-13(20)8-21/h6-7,18,25H,4-5,8H2,1-3H3,(H,19,23). The summed E-state index contributed by atoms with van der Waals surface area (Å²) in [7, 11) is 0. The highest BCUT2D eigenvalue weighted by Crippen LogP contribution is 2.23. The molecule has 0 saturated heterocycles. The van der Waals surface area contributed by atoms with Crippen molar-refractivity contribution in [1.29, 1.82) is 0 Å². The van der Waals surface area contributed by atoms with Crippen molar-refractivity contribution in [3.05, 3.63) is 46.0 Å². The van der Waals surface area contributed by atoms with E-state index < -0.39 is 5.91 Å². The molecule has 25 heavy (non-hydrogen) atoms. The van der Waals surface area contributed by atoms with Crippen LogP contribution in [0.15, 0.2) is 12.3 Å². The molecule has 2 aromatic heterocycles. The van der Waals surface area contributed by atoms with Gasteiger partial charge in [0.1, 0.15) is 5.69 Å². The monoisotopic (exact) mass is 344 g/mol. The number of Topliss-reactive ketones (excluding diaryl/α,β-unsaturated/α-hetero) is 1. The molecule has 0 aromatic carbocycles. The maximum Gasteiger partial charge on any atom is 0.276 e. The van der Waals surface area contributed by atoms with Crippen LogP contribution in [-0.4, -0.2) is 43.8 Å². The average molecular weight is 344 g/mol. The van der Waals surface area contributed by atoms with Gasteiger partial charge in [0, 0.05) is 36.2 Å². The number of carbonyl (C=O) groups excluding carboxylic acids is 3. The quantitative estimate of drug-likeness (QED) is 0.444. The zero-order valence-electron chi connectivity index (χ0n) is 14.3. The molecule has 0 spiro atoms. The number of aryl methyl sites for hydroxylation is 1. The first-order valence-electron chi connectivity index (χ1n) is 7.96. The number of aromatic nitrogens is 2. The van der Waals surface area contributed by atoms with Crippen LogP contribution >= 0.6 is 0 Å². The van der Waals surface area contributed by atoms with Crippen molar-refractivity contribution in [2.75, 3.05) is 6.54 Å². The summed E-state index contributed by atoms with van der Waals surface area (Å²) in [4.78, 5) is 40.9. The molecular formula is C17H20N4O4. The van der Waals surface area contributed by atoms with E-state index in [1.165, 1.54) is 6.92 Å². The molecule has 1 aliphatic rings. The number of amides is 2. The summed E-state index contributed by atoms with van der Waals surface area (Å²) in [5, 5.41) is 8.74. The Bertz CT molecular complexity index is 878. The Labute approximate surface area is 144 Å². The molecule has 0 bridgehead atoms. The number of hydrogen-bond acceptors (Lipinski definition) is 4. The molecule has 3 rings (SSSR count). The van der Waals surface area contributed by atoms with Gasteiger partial charge in [-0.1, -0.05) is 0 Å². The highest BCUT2D eigenvalue weighted by molar-refractivity contribution is 6.02. The van der Waals surface area contributed by atoms with Crippen molar-refractivity contribution >= 4 is 17.6 Å². The lowest BCUT2D eigenvalue weighted by atomic mass is 10.1. The van der Waals surface area contributed by atoms with Crippen LogP contribution in [0.4, 0.5) is 0 Å². The molecule has 0 unspecified atom stereocenters. The minimum atomic E-state index is -0.582. The third kappa shape index (κ3) is 2.85. The lowest BCUT2D eigenvalue weighted by Gasteiger charge is -2.28. The van der Waals surface area contributed by atoms with Gasteiger partial charge in [0.2, 0.25) is 0 Å². The second-order valence-electron chi connectivity index (χ2n) is 6.26. The van der Waals surface area contributed by atoms with E-state index >= 15 is 0 Å². The molecule has 0 aliphatic carbocycles. The highest BCUT2D eigenvalue weighted by atomic mass is 16.5. The minimum Gasteiger partial charge on any atom is -0.354 e. The van der Waals surface area contributed by atoms with Gasteiger partial charge in [-0.2, -0.15) is 0 Å². The Hall–Kier alpha value is -2.87. The Morgan fingerprint density at radius 1 is 1.24 bits per heavy atom. The van der Waals surface area contributed by atoms with E-state index in [1.54, 1.807) is 36.5 Å². The normalized spacial score (nSPS) is 13.5. The van der Waals surface area contributed by atoms with Gasteiger partial charge in [0.15, 0.2) is 5.78 Å². The van der Waals surface area contributed by atoms with Gasteiger partial charge in [0.05, 0.1) is 12.1 Å². The molecule has 3 N–H and O–H groups in total. The van der Waals surface area contributed by atoms with Gasteiger partial charge >= 0.3 is 0 Å². The minimum absolute atomic E-state index is 0.0718. The zero-order chi connectivity index (χ0) is 18.3. The molecule has 8 nitrogen and oxygen atoms in total. The van der Waals surface area contributed by atoms with Crippen molar-refractivity contribution in [3.63, 3.8) is 0 Å². The summed E-state index contributed by atoms with van der Waals surface area (Å²) in [5.74, 6) is -0.826. The summed E-state index contributed by atoms with van der Waals surface area (Å²) in [6.45, 7) is 6.43. The summed E-state index contributed by atoms with van der Waals surface area (Å²) in [6.07, 6.45) is 1.65. The van der Waals surface area contributed by atoms with Crippen LogP contribution in [0.25, 0.3) is 0 Å². The maximum atomic E-state index is 12.9. The summed E-state index contributed by atoms with van der Waals surface area (Å²) in [5.41, 5.74) is 5.10. The van der Waals surface area contributed by atoms with Crippen LogP contribution in [0.5, 0.6) is 0 Å². The molecule has 3 heterocycles. The fourth-order valence-corrected chi connectivity index (χ4v) is 3.41. The molecule has 0 atom stereocenters. The van der Waals surface area contributed by atoms with Gasteiger partial charge < -0.3 is 14.5 Å². The first-order valence-corrected chi connectivity index (χ1v) is 7.96. The smallest absolute Gasteiger partial charge is 0.276 e. The largest absolute Gasteiger partial charge is 0.354 e. The number of fused-ring (bicyclic) bond motifs is 1. The van der Waals surface area contributed by atoms with Gasteiger partial charge in [0.25, 0.3) is 11.8 Å². The number of H-pyrrole nitrogens is 1. The third-order valence-electron chi connectivity index (χ3n) is 4.60. The Kier molecular flexibility index (Phi) is 4.22. The molecule has 132 valence electrons. The average Bonchev–Trinajstić information content (AvgIpc) is 3.13. The predicted molar refractivity (Wildman–Crippen MR) is 88.7 cm³/mol. The lowest BCUT2D eigenvalue weighted by molar-refractivity contribution is 0.0699. The number of hydrogen-bond donors (Lipinski definition) is 3. The third-order valence-corrected chi connectivity index (χ3v) is 4.60. The first-order chi connectivity index (χ1) is 11.8. The Balaban J connectivity index is 1.86. The van der Waals surface area contributed by atoms with Crippen molar-refractivity contribution in [2.24, 2.45) is 0 Å². The summed E-state index contributed by atoms with van der Waals surface area (Å²) in [6, 6.07) is 1.65. The van der Waals surface area contributed by atoms with E-state index in [4.69, 9.17) is 5.21 Å². The zero-order valence-corrected chi connectivity index (χ0v) is 14.3. The fraction of sp³-hybridized carbons (Fsp3) is 0.353. The number of hydroxylamine groups is 1. The summed E-state index contributed by atoms with van der Waals surface area (Å²) >= 11 is 0. The number of ketones is 1. The number of rotatable bonds is 3. The topological polar surface area (TPSA) is 107 Å². The number of nitrogens with one attached hydrogen (secondary N) is 2. The first kappa shape index (κ1) is 17.0. The van der Waals surface area contributed by atoms with Crippen molar-refractivity contribution in [2.45, 2.75) is 33.9 Å². The summed E-state index contributed by atoms with van der Waals surface area (Å²) < 4.78 is 1.89. The van der Waals surface area contributed by atoms with Crippen LogP contribution in [0.2, 0.25) is 0 Å². The van der Waals surface area contributed by atoms with E-state index in [-0.39, 0.29) is 11.7 Å². The van der Waals surface area contributed by atoms with Crippen LogP contribution in [0.3, 0.4) is 0 Å². The van der Waals surface area contributed by atoms with Crippen molar-refractivity contribution in [1.82, 2.24) is 19.9 Å². The molecule has 2 aromatic rings. The lowest BCUT2D eigenvalue weighted by Crippen LogP contribution is -2.38.